The SMILES string of the molecule is Cc1ccc(-n2nc(-c3ccc(CC(=O)c4ccccc4)cc3)cc2NC(=O)c2ccccc2)cc1. The molecule has 1 heterocycles. The third-order valence-electron chi connectivity index (χ3n) is 5.98. The fourth-order valence-electron chi connectivity index (χ4n) is 3.98. The first-order valence-electron chi connectivity index (χ1n) is 11.8. The normalized spacial score (nSPS) is 10.7. The topological polar surface area (TPSA) is 64.0 Å². The molecule has 0 saturated carbocycles. The van der Waals surface area contributed by atoms with Gasteiger partial charge in [0.05, 0.1) is 11.4 Å². The minimum atomic E-state index is -0.204. The number of ketones is 1. The average Bonchev–Trinajstić information content (AvgIpc) is 3.34. The predicted octanol–water partition coefficient (Wildman–Crippen LogP) is 6.53. The second-order valence-electron chi connectivity index (χ2n) is 8.65. The van der Waals surface area contributed by atoms with Gasteiger partial charge in [0.15, 0.2) is 5.78 Å². The molecule has 5 nitrogen and oxygen atoms in total. The van der Waals surface area contributed by atoms with Crippen LogP contribution in [0, 0.1) is 6.92 Å². The monoisotopic (exact) mass is 471 g/mol. The minimum absolute atomic E-state index is 0.0814. The van der Waals surface area contributed by atoms with Gasteiger partial charge >= 0.3 is 0 Å². The number of nitrogens with one attached hydrogen (secondary N) is 1. The maximum Gasteiger partial charge on any atom is 0.256 e. The van der Waals surface area contributed by atoms with E-state index in [0.717, 1.165) is 28.1 Å². The van der Waals surface area contributed by atoms with Crippen molar-refractivity contribution < 1.29 is 9.59 Å². The molecule has 0 fully saturated rings. The molecule has 0 bridgehead atoms. The summed E-state index contributed by atoms with van der Waals surface area (Å²) in [6.45, 7) is 2.03. The van der Waals surface area contributed by atoms with Gasteiger partial charge in [-0.05, 0) is 36.8 Å². The maximum absolute atomic E-state index is 12.9. The van der Waals surface area contributed by atoms with Crippen LogP contribution in [0.2, 0.25) is 0 Å². The molecule has 1 N–H and O–H groups in total. The van der Waals surface area contributed by atoms with Crippen molar-refractivity contribution >= 4 is 17.5 Å². The molecule has 0 saturated heterocycles. The van der Waals surface area contributed by atoms with E-state index in [-0.39, 0.29) is 11.7 Å². The van der Waals surface area contributed by atoms with Crippen LogP contribution in [0.15, 0.2) is 115 Å². The fraction of sp³-hybridized carbons (Fsp3) is 0.0645. The second kappa shape index (κ2) is 10.2. The number of nitrogens with zero attached hydrogens (tertiary/aromatic N) is 2. The average molecular weight is 472 g/mol. The summed E-state index contributed by atoms with van der Waals surface area (Å²) in [5, 5.41) is 7.80. The lowest BCUT2D eigenvalue weighted by molar-refractivity contribution is 0.0991. The number of anilines is 1. The Balaban J connectivity index is 1.42. The van der Waals surface area contributed by atoms with E-state index in [0.29, 0.717) is 23.4 Å². The molecule has 1 aromatic heterocycles. The van der Waals surface area contributed by atoms with Crippen molar-refractivity contribution in [2.75, 3.05) is 5.32 Å². The summed E-state index contributed by atoms with van der Waals surface area (Å²) < 4.78 is 1.74. The summed E-state index contributed by atoms with van der Waals surface area (Å²) >= 11 is 0. The summed E-state index contributed by atoms with van der Waals surface area (Å²) in [7, 11) is 0. The lowest BCUT2D eigenvalue weighted by atomic mass is 10.0. The van der Waals surface area contributed by atoms with Crippen LogP contribution in [0.25, 0.3) is 16.9 Å². The summed E-state index contributed by atoms with van der Waals surface area (Å²) in [4.78, 5) is 25.4. The van der Waals surface area contributed by atoms with Crippen molar-refractivity contribution in [3.63, 3.8) is 0 Å². The molecule has 36 heavy (non-hydrogen) atoms. The van der Waals surface area contributed by atoms with Gasteiger partial charge in [0.1, 0.15) is 5.82 Å². The van der Waals surface area contributed by atoms with E-state index in [1.165, 1.54) is 0 Å². The van der Waals surface area contributed by atoms with Crippen LogP contribution in [0.5, 0.6) is 0 Å². The van der Waals surface area contributed by atoms with Crippen molar-refractivity contribution in [2.24, 2.45) is 0 Å². The first-order chi connectivity index (χ1) is 17.6. The van der Waals surface area contributed by atoms with E-state index < -0.39 is 0 Å². The van der Waals surface area contributed by atoms with Gasteiger partial charge in [0, 0.05) is 29.2 Å². The predicted molar refractivity (Wildman–Crippen MR) is 143 cm³/mol. The highest BCUT2D eigenvalue weighted by atomic mass is 16.1. The Morgan fingerprint density at radius 2 is 1.36 bits per heavy atom. The largest absolute Gasteiger partial charge is 0.306 e. The highest BCUT2D eigenvalue weighted by Gasteiger charge is 2.15. The Morgan fingerprint density at radius 3 is 2.00 bits per heavy atom. The van der Waals surface area contributed by atoms with E-state index in [2.05, 4.69) is 5.32 Å². The number of hydrogen-bond acceptors (Lipinski definition) is 3. The van der Waals surface area contributed by atoms with Crippen molar-refractivity contribution in [3.8, 4) is 16.9 Å². The molecule has 4 aromatic carbocycles. The summed E-state index contributed by atoms with van der Waals surface area (Å²) in [5.41, 5.74) is 5.82. The van der Waals surface area contributed by atoms with Gasteiger partial charge in [0.2, 0.25) is 0 Å². The molecule has 0 spiro atoms. The first-order valence-corrected chi connectivity index (χ1v) is 11.8. The zero-order valence-corrected chi connectivity index (χ0v) is 19.9. The zero-order valence-electron chi connectivity index (χ0n) is 19.9. The zero-order chi connectivity index (χ0) is 24.9. The fourth-order valence-corrected chi connectivity index (χ4v) is 3.98. The van der Waals surface area contributed by atoms with E-state index in [9.17, 15) is 9.59 Å². The molecule has 0 aliphatic heterocycles. The Morgan fingerprint density at radius 1 is 0.750 bits per heavy atom. The van der Waals surface area contributed by atoms with Crippen molar-refractivity contribution in [3.05, 3.63) is 138 Å². The van der Waals surface area contributed by atoms with Gasteiger partial charge in [-0.3, -0.25) is 9.59 Å². The van der Waals surface area contributed by atoms with E-state index in [1.807, 2.05) is 110 Å². The number of hydrogen-bond donors (Lipinski definition) is 1. The quantitative estimate of drug-likeness (QED) is 0.275. The van der Waals surface area contributed by atoms with Crippen LogP contribution in [0.3, 0.4) is 0 Å². The lowest BCUT2D eigenvalue weighted by Gasteiger charge is -2.09. The number of rotatable bonds is 7. The summed E-state index contributed by atoms with van der Waals surface area (Å²) in [5.74, 6) is 0.453. The van der Waals surface area contributed by atoms with Gasteiger partial charge in [-0.2, -0.15) is 5.10 Å². The van der Waals surface area contributed by atoms with Crippen LogP contribution in [0.4, 0.5) is 5.82 Å². The number of aryl methyl sites for hydroxylation is 1. The maximum atomic E-state index is 12.9. The standard InChI is InChI=1S/C31H25N3O2/c1-22-12-18-27(19-13-22)34-30(32-31(36)26-10-6-3-7-11-26)21-28(33-34)24-16-14-23(15-17-24)20-29(35)25-8-4-2-5-9-25/h2-19,21H,20H2,1H3,(H,32,36). The Labute approximate surface area is 210 Å². The van der Waals surface area contributed by atoms with Crippen molar-refractivity contribution in [1.29, 1.82) is 0 Å². The van der Waals surface area contributed by atoms with E-state index >= 15 is 0 Å². The molecule has 5 heteroatoms. The highest BCUT2D eigenvalue weighted by molar-refractivity contribution is 6.04. The number of Topliss-reactive ketones (excluding diaryl/α,β-unsaturated/α-hetero) is 1. The van der Waals surface area contributed by atoms with Crippen LogP contribution in [-0.4, -0.2) is 21.5 Å². The van der Waals surface area contributed by atoms with Crippen molar-refractivity contribution in [2.45, 2.75) is 13.3 Å². The summed E-state index contributed by atoms with van der Waals surface area (Å²) in [6, 6.07) is 36.1. The number of carbonyl (C=O) groups excluding carboxylic acids is 2. The molecule has 0 aliphatic carbocycles. The van der Waals surface area contributed by atoms with Crippen LogP contribution in [-0.2, 0) is 6.42 Å². The van der Waals surface area contributed by atoms with E-state index in [4.69, 9.17) is 5.10 Å². The van der Waals surface area contributed by atoms with Crippen LogP contribution < -0.4 is 5.32 Å². The van der Waals surface area contributed by atoms with Gasteiger partial charge in [0.25, 0.3) is 5.91 Å². The van der Waals surface area contributed by atoms with Gasteiger partial charge in [-0.15, -0.1) is 0 Å². The Hall–Kier alpha value is -4.77. The van der Waals surface area contributed by atoms with Gasteiger partial charge in [-0.25, -0.2) is 4.68 Å². The molecule has 0 radical (unpaired) electrons. The molecule has 0 atom stereocenters. The second-order valence-corrected chi connectivity index (χ2v) is 8.65. The third kappa shape index (κ3) is 5.15. The van der Waals surface area contributed by atoms with Gasteiger partial charge < -0.3 is 5.32 Å². The number of aromatic nitrogens is 2. The van der Waals surface area contributed by atoms with Crippen LogP contribution >= 0.6 is 0 Å². The molecule has 0 unspecified atom stereocenters. The van der Waals surface area contributed by atoms with Gasteiger partial charge in [-0.1, -0.05) is 90.5 Å². The molecule has 1 amide bonds. The van der Waals surface area contributed by atoms with E-state index in [1.54, 1.807) is 16.8 Å². The smallest absolute Gasteiger partial charge is 0.256 e. The number of carbonyl (C=O) groups is 2. The summed E-state index contributed by atoms with van der Waals surface area (Å²) in [6.07, 6.45) is 0.334. The number of benzene rings is 4. The molecule has 0 aliphatic rings. The Bertz CT molecular complexity index is 1490. The lowest BCUT2D eigenvalue weighted by Crippen LogP contribution is -2.15. The highest BCUT2D eigenvalue weighted by Crippen LogP contribution is 2.26. The molecular formula is C31H25N3O2. The molecule has 176 valence electrons. The molecule has 5 rings (SSSR count). The molecular weight excluding hydrogens is 446 g/mol. The number of amides is 1. The first kappa shape index (κ1) is 23.0. The molecule has 5 aromatic rings. The Kier molecular flexibility index (Phi) is 6.54. The van der Waals surface area contributed by atoms with Crippen LogP contribution in [0.1, 0.15) is 31.8 Å². The third-order valence-corrected chi connectivity index (χ3v) is 5.98. The minimum Gasteiger partial charge on any atom is -0.306 e. The van der Waals surface area contributed by atoms with Crippen molar-refractivity contribution in [1.82, 2.24) is 9.78 Å².